The average Bonchev–Trinajstić information content (AvgIpc) is 2.90. The first-order chi connectivity index (χ1) is 8.01. The van der Waals surface area contributed by atoms with Crippen LogP contribution in [0.15, 0.2) is 24.3 Å². The Morgan fingerprint density at radius 3 is 2.29 bits per heavy atom. The predicted octanol–water partition coefficient (Wildman–Crippen LogP) is 3.31. The van der Waals surface area contributed by atoms with E-state index in [9.17, 15) is 13.2 Å². The van der Waals surface area contributed by atoms with Gasteiger partial charge in [-0.2, -0.15) is 13.2 Å². The van der Waals surface area contributed by atoms with Crippen molar-refractivity contribution in [1.82, 2.24) is 5.32 Å². The Morgan fingerprint density at radius 2 is 1.76 bits per heavy atom. The molecule has 1 atom stereocenters. The van der Waals surface area contributed by atoms with Gasteiger partial charge in [-0.05, 0) is 43.5 Å². The van der Waals surface area contributed by atoms with Crippen LogP contribution in [-0.4, -0.2) is 12.1 Å². The highest BCUT2D eigenvalue weighted by Crippen LogP contribution is 2.52. The predicted molar refractivity (Wildman–Crippen MR) is 58.8 cm³/mol. The minimum atomic E-state index is -4.23. The van der Waals surface area contributed by atoms with Crippen molar-refractivity contribution >= 4 is 0 Å². The van der Waals surface area contributed by atoms with Gasteiger partial charge in [0.2, 0.25) is 0 Å². The van der Waals surface area contributed by atoms with Crippen LogP contribution < -0.4 is 5.32 Å². The fourth-order valence-corrected chi connectivity index (χ4v) is 2.91. The summed E-state index contributed by atoms with van der Waals surface area (Å²) in [6, 6.07) is 5.68. The van der Waals surface area contributed by atoms with Crippen molar-refractivity contribution in [1.29, 1.82) is 0 Å². The minimum Gasteiger partial charge on any atom is -0.311 e. The van der Waals surface area contributed by atoms with Crippen LogP contribution in [0.5, 0.6) is 0 Å². The molecule has 3 rings (SSSR count). The quantitative estimate of drug-likeness (QED) is 0.795. The van der Waals surface area contributed by atoms with Gasteiger partial charge in [0, 0.05) is 11.5 Å². The number of rotatable bonds is 1. The maximum absolute atomic E-state index is 12.4. The molecule has 1 spiro atoms. The van der Waals surface area contributed by atoms with Crippen LogP contribution in [0.4, 0.5) is 13.2 Å². The fourth-order valence-electron chi connectivity index (χ4n) is 2.91. The largest absolute Gasteiger partial charge is 0.416 e. The molecule has 17 heavy (non-hydrogen) atoms. The van der Waals surface area contributed by atoms with Crippen molar-refractivity contribution in [3.63, 3.8) is 0 Å². The third-order valence-corrected chi connectivity index (χ3v) is 4.01. The van der Waals surface area contributed by atoms with Gasteiger partial charge in [0.05, 0.1) is 5.56 Å². The second-order valence-electron chi connectivity index (χ2n) is 5.04. The van der Waals surface area contributed by atoms with Gasteiger partial charge in [0.25, 0.3) is 0 Å². The van der Waals surface area contributed by atoms with Gasteiger partial charge >= 0.3 is 6.18 Å². The van der Waals surface area contributed by atoms with Crippen molar-refractivity contribution in [3.05, 3.63) is 35.4 Å². The molecule has 1 N–H and O–H groups in total. The second-order valence-corrected chi connectivity index (χ2v) is 5.04. The maximum atomic E-state index is 12.4. The number of hydrogen-bond acceptors (Lipinski definition) is 1. The molecular formula is C13H14F3N. The Labute approximate surface area is 98.0 Å². The number of halogens is 3. The summed E-state index contributed by atoms with van der Waals surface area (Å²) in [5.41, 5.74) is 0.692. The topological polar surface area (TPSA) is 12.0 Å². The van der Waals surface area contributed by atoms with E-state index in [1.165, 1.54) is 12.1 Å². The summed E-state index contributed by atoms with van der Waals surface area (Å²) >= 11 is 0. The number of benzene rings is 1. The summed E-state index contributed by atoms with van der Waals surface area (Å²) in [5.74, 6) is 0.393. The molecule has 4 heteroatoms. The van der Waals surface area contributed by atoms with Gasteiger partial charge in [0.15, 0.2) is 0 Å². The third-order valence-electron chi connectivity index (χ3n) is 4.01. The standard InChI is InChI=1S/C13H14F3N/c14-13(15,16)10-3-1-9(2-4-10)11-5-8-17-12(11)6-7-12/h1-4,11,17H,5-8H2. The van der Waals surface area contributed by atoms with Crippen LogP contribution in [-0.2, 0) is 6.18 Å². The molecule has 1 heterocycles. The van der Waals surface area contributed by atoms with Crippen LogP contribution in [0.25, 0.3) is 0 Å². The van der Waals surface area contributed by atoms with E-state index in [1.54, 1.807) is 12.1 Å². The number of hydrogen-bond donors (Lipinski definition) is 1. The molecule has 2 fully saturated rings. The molecule has 0 radical (unpaired) electrons. The zero-order chi connectivity index (χ0) is 12.1. The summed E-state index contributed by atoms with van der Waals surface area (Å²) in [5, 5.41) is 3.48. The molecule has 1 saturated carbocycles. The second kappa shape index (κ2) is 3.48. The van der Waals surface area contributed by atoms with E-state index in [0.29, 0.717) is 5.92 Å². The molecule has 2 aliphatic rings. The zero-order valence-electron chi connectivity index (χ0n) is 9.35. The lowest BCUT2D eigenvalue weighted by Crippen LogP contribution is -2.27. The Balaban J connectivity index is 1.85. The molecule has 0 amide bonds. The highest BCUT2D eigenvalue weighted by atomic mass is 19.4. The lowest BCUT2D eigenvalue weighted by Gasteiger charge is -2.19. The summed E-state index contributed by atoms with van der Waals surface area (Å²) in [4.78, 5) is 0. The molecule has 1 aliphatic carbocycles. The lowest BCUT2D eigenvalue weighted by molar-refractivity contribution is -0.137. The van der Waals surface area contributed by atoms with Crippen LogP contribution in [0.2, 0.25) is 0 Å². The van der Waals surface area contributed by atoms with Gasteiger partial charge in [-0.15, -0.1) is 0 Å². The number of alkyl halides is 3. The molecule has 1 aromatic rings. The highest BCUT2D eigenvalue weighted by molar-refractivity contribution is 5.33. The van der Waals surface area contributed by atoms with E-state index in [-0.39, 0.29) is 5.54 Å². The van der Waals surface area contributed by atoms with Crippen LogP contribution >= 0.6 is 0 Å². The molecule has 0 bridgehead atoms. The Bertz CT molecular complexity index is 417. The van der Waals surface area contributed by atoms with Crippen LogP contribution in [0.3, 0.4) is 0 Å². The Hall–Kier alpha value is -1.03. The molecule has 1 unspecified atom stereocenters. The van der Waals surface area contributed by atoms with Gasteiger partial charge in [-0.25, -0.2) is 0 Å². The highest BCUT2D eigenvalue weighted by Gasteiger charge is 2.52. The third kappa shape index (κ3) is 1.84. The van der Waals surface area contributed by atoms with Gasteiger partial charge in [-0.3, -0.25) is 0 Å². The molecule has 1 saturated heterocycles. The smallest absolute Gasteiger partial charge is 0.311 e. The van der Waals surface area contributed by atoms with Crippen LogP contribution in [0.1, 0.15) is 36.3 Å². The van der Waals surface area contributed by atoms with E-state index >= 15 is 0 Å². The van der Waals surface area contributed by atoms with Crippen molar-refractivity contribution in [2.75, 3.05) is 6.54 Å². The Morgan fingerprint density at radius 1 is 1.12 bits per heavy atom. The van der Waals surface area contributed by atoms with E-state index < -0.39 is 11.7 Å². The fraction of sp³-hybridized carbons (Fsp3) is 0.538. The first kappa shape index (κ1) is 11.1. The summed E-state index contributed by atoms with van der Waals surface area (Å²) < 4.78 is 37.3. The summed E-state index contributed by atoms with van der Waals surface area (Å²) in [6.45, 7) is 0.978. The van der Waals surface area contributed by atoms with Crippen LogP contribution in [0, 0.1) is 0 Å². The van der Waals surface area contributed by atoms with Crippen molar-refractivity contribution in [3.8, 4) is 0 Å². The van der Waals surface area contributed by atoms with Gasteiger partial charge < -0.3 is 5.32 Å². The molecule has 1 aliphatic heterocycles. The van der Waals surface area contributed by atoms with Crippen molar-refractivity contribution < 1.29 is 13.2 Å². The zero-order valence-corrected chi connectivity index (χ0v) is 9.35. The van der Waals surface area contributed by atoms with Crippen molar-refractivity contribution in [2.45, 2.75) is 36.9 Å². The normalized spacial score (nSPS) is 26.4. The summed E-state index contributed by atoms with van der Waals surface area (Å²) in [7, 11) is 0. The van der Waals surface area contributed by atoms with E-state index in [4.69, 9.17) is 0 Å². The lowest BCUT2D eigenvalue weighted by atomic mass is 9.89. The number of nitrogens with one attached hydrogen (secondary N) is 1. The van der Waals surface area contributed by atoms with Gasteiger partial charge in [-0.1, -0.05) is 12.1 Å². The molecular weight excluding hydrogens is 227 g/mol. The Kier molecular flexibility index (Phi) is 2.27. The SMILES string of the molecule is FC(F)(F)c1ccc(C2CCNC23CC3)cc1. The van der Waals surface area contributed by atoms with E-state index in [1.807, 2.05) is 0 Å². The first-order valence-electron chi connectivity index (χ1n) is 5.93. The van der Waals surface area contributed by atoms with Crippen molar-refractivity contribution in [2.24, 2.45) is 0 Å². The summed E-state index contributed by atoms with van der Waals surface area (Å²) in [6.07, 6.45) is -0.896. The molecule has 92 valence electrons. The van der Waals surface area contributed by atoms with E-state index in [0.717, 1.165) is 31.4 Å². The molecule has 1 nitrogen and oxygen atoms in total. The average molecular weight is 241 g/mol. The molecule has 0 aromatic heterocycles. The van der Waals surface area contributed by atoms with Gasteiger partial charge in [0.1, 0.15) is 0 Å². The monoisotopic (exact) mass is 241 g/mol. The minimum absolute atomic E-state index is 0.208. The maximum Gasteiger partial charge on any atom is 0.416 e. The first-order valence-corrected chi connectivity index (χ1v) is 5.93. The molecule has 1 aromatic carbocycles. The van der Waals surface area contributed by atoms with E-state index in [2.05, 4.69) is 5.32 Å².